The second-order valence-electron chi connectivity index (χ2n) is 8.05. The minimum atomic E-state index is -0.0467. The van der Waals surface area contributed by atoms with E-state index in [2.05, 4.69) is 32.2 Å². The summed E-state index contributed by atoms with van der Waals surface area (Å²) in [6, 6.07) is 9.77. The standard InChI is InChI=1S/C26H27N7OS/c1-4-7-30-26-31-14-23(35-26)21-12-22(33-25(32-21)20(28)13-27)24-16(2)10-19(11-17(24)3)34-15-18-5-8-29-9-6-18/h5-6,8-14,27-28H,4,7,15H2,1-3H3,(H,30,31). The first-order valence-electron chi connectivity index (χ1n) is 11.3. The lowest BCUT2D eigenvalue weighted by molar-refractivity contribution is 0.306. The minimum absolute atomic E-state index is 0.0467. The van der Waals surface area contributed by atoms with Crippen LogP contribution in [-0.4, -0.2) is 38.4 Å². The van der Waals surface area contributed by atoms with Gasteiger partial charge in [-0.15, -0.1) is 0 Å². The van der Waals surface area contributed by atoms with Crippen LogP contribution in [0.1, 0.15) is 35.9 Å². The molecule has 3 aromatic heterocycles. The van der Waals surface area contributed by atoms with E-state index in [4.69, 9.17) is 15.6 Å². The van der Waals surface area contributed by atoms with Crippen molar-refractivity contribution in [3.05, 3.63) is 71.4 Å². The summed E-state index contributed by atoms with van der Waals surface area (Å²) < 4.78 is 6.01. The maximum absolute atomic E-state index is 8.15. The monoisotopic (exact) mass is 485 g/mol. The van der Waals surface area contributed by atoms with Gasteiger partial charge in [0.2, 0.25) is 0 Å². The van der Waals surface area contributed by atoms with Crippen molar-refractivity contribution in [2.75, 3.05) is 11.9 Å². The summed E-state index contributed by atoms with van der Waals surface area (Å²) in [4.78, 5) is 18.6. The van der Waals surface area contributed by atoms with Gasteiger partial charge in [-0.1, -0.05) is 18.3 Å². The predicted octanol–water partition coefficient (Wildman–Crippen LogP) is 5.70. The minimum Gasteiger partial charge on any atom is -0.489 e. The molecule has 0 bridgehead atoms. The third-order valence-electron chi connectivity index (χ3n) is 5.31. The van der Waals surface area contributed by atoms with Crippen molar-refractivity contribution in [2.45, 2.75) is 33.8 Å². The third-order valence-corrected chi connectivity index (χ3v) is 6.29. The number of nitrogens with zero attached hydrogens (tertiary/aromatic N) is 4. The fourth-order valence-corrected chi connectivity index (χ4v) is 4.45. The van der Waals surface area contributed by atoms with Crippen LogP contribution in [0.25, 0.3) is 21.8 Å². The quantitative estimate of drug-likeness (QED) is 0.248. The molecule has 8 nitrogen and oxygen atoms in total. The lowest BCUT2D eigenvalue weighted by Crippen LogP contribution is -2.08. The predicted molar refractivity (Wildman–Crippen MR) is 141 cm³/mol. The Kier molecular flexibility index (Phi) is 7.57. The fourth-order valence-electron chi connectivity index (χ4n) is 3.65. The Bertz CT molecular complexity index is 1330. The molecule has 0 atom stereocenters. The number of pyridine rings is 1. The number of ether oxygens (including phenoxy) is 1. The van der Waals surface area contributed by atoms with Crippen LogP contribution in [0.2, 0.25) is 0 Å². The molecule has 0 aliphatic heterocycles. The first-order chi connectivity index (χ1) is 17.0. The molecule has 178 valence electrons. The van der Waals surface area contributed by atoms with E-state index in [1.165, 1.54) is 11.3 Å². The van der Waals surface area contributed by atoms with Crippen LogP contribution in [0.3, 0.4) is 0 Å². The van der Waals surface area contributed by atoms with E-state index in [0.717, 1.165) is 57.2 Å². The highest BCUT2D eigenvalue weighted by Crippen LogP contribution is 2.34. The van der Waals surface area contributed by atoms with E-state index >= 15 is 0 Å². The number of anilines is 1. The van der Waals surface area contributed by atoms with E-state index in [1.807, 2.05) is 44.2 Å². The molecule has 0 saturated carbocycles. The zero-order valence-corrected chi connectivity index (χ0v) is 20.7. The summed E-state index contributed by atoms with van der Waals surface area (Å²) in [5, 5.41) is 19.8. The van der Waals surface area contributed by atoms with Gasteiger partial charge in [0.25, 0.3) is 0 Å². The smallest absolute Gasteiger partial charge is 0.183 e. The van der Waals surface area contributed by atoms with Gasteiger partial charge >= 0.3 is 0 Å². The van der Waals surface area contributed by atoms with Gasteiger partial charge in [-0.05, 0) is 67.3 Å². The summed E-state index contributed by atoms with van der Waals surface area (Å²) in [5.41, 5.74) is 5.33. The number of aryl methyl sites for hydroxylation is 2. The van der Waals surface area contributed by atoms with Gasteiger partial charge < -0.3 is 15.5 Å². The van der Waals surface area contributed by atoms with Crippen LogP contribution in [0, 0.1) is 24.7 Å². The molecule has 0 spiro atoms. The van der Waals surface area contributed by atoms with Gasteiger partial charge in [-0.3, -0.25) is 10.4 Å². The Balaban J connectivity index is 1.70. The van der Waals surface area contributed by atoms with Crippen LogP contribution in [0.4, 0.5) is 5.13 Å². The van der Waals surface area contributed by atoms with Crippen molar-refractivity contribution >= 4 is 28.4 Å². The van der Waals surface area contributed by atoms with E-state index in [9.17, 15) is 0 Å². The van der Waals surface area contributed by atoms with E-state index in [-0.39, 0.29) is 11.5 Å². The van der Waals surface area contributed by atoms with E-state index in [1.54, 1.807) is 18.6 Å². The molecular weight excluding hydrogens is 458 g/mol. The summed E-state index contributed by atoms with van der Waals surface area (Å²) in [7, 11) is 0. The zero-order valence-electron chi connectivity index (χ0n) is 19.9. The highest BCUT2D eigenvalue weighted by atomic mass is 32.1. The van der Waals surface area contributed by atoms with Crippen molar-refractivity contribution in [3.63, 3.8) is 0 Å². The first kappa shape index (κ1) is 24.2. The molecule has 9 heteroatoms. The van der Waals surface area contributed by atoms with Crippen LogP contribution < -0.4 is 10.1 Å². The van der Waals surface area contributed by atoms with Crippen molar-refractivity contribution in [1.82, 2.24) is 19.9 Å². The van der Waals surface area contributed by atoms with Crippen molar-refractivity contribution in [1.29, 1.82) is 10.8 Å². The van der Waals surface area contributed by atoms with Crippen molar-refractivity contribution < 1.29 is 4.74 Å². The Labute approximate surface area is 208 Å². The van der Waals surface area contributed by atoms with Gasteiger partial charge in [0, 0.05) is 36.9 Å². The number of aromatic nitrogens is 4. The molecule has 0 aliphatic rings. The Hall–Kier alpha value is -3.98. The molecule has 1 aromatic carbocycles. The molecule has 0 unspecified atom stereocenters. The average Bonchev–Trinajstić information content (AvgIpc) is 3.35. The Morgan fingerprint density at radius 1 is 1.09 bits per heavy atom. The van der Waals surface area contributed by atoms with E-state index < -0.39 is 0 Å². The van der Waals surface area contributed by atoms with Gasteiger partial charge in [0.05, 0.1) is 16.3 Å². The Morgan fingerprint density at radius 3 is 2.49 bits per heavy atom. The lowest BCUT2D eigenvalue weighted by Gasteiger charge is -2.15. The molecule has 0 amide bonds. The van der Waals surface area contributed by atoms with Gasteiger partial charge in [0.1, 0.15) is 18.1 Å². The third kappa shape index (κ3) is 5.75. The number of hydrogen-bond donors (Lipinski definition) is 3. The maximum Gasteiger partial charge on any atom is 0.183 e. The first-order valence-corrected chi connectivity index (χ1v) is 12.1. The molecule has 3 heterocycles. The van der Waals surface area contributed by atoms with Crippen molar-refractivity contribution in [2.24, 2.45) is 0 Å². The van der Waals surface area contributed by atoms with Crippen LogP contribution >= 0.6 is 11.3 Å². The summed E-state index contributed by atoms with van der Waals surface area (Å²) in [6.45, 7) is 7.45. The van der Waals surface area contributed by atoms with Crippen LogP contribution in [0.5, 0.6) is 5.75 Å². The average molecular weight is 486 g/mol. The SMILES string of the molecule is CCCNc1ncc(-c2cc(-c3c(C)cc(OCc4ccncc4)cc3C)nc(C(=N)C=N)n2)s1. The molecule has 0 fully saturated rings. The summed E-state index contributed by atoms with van der Waals surface area (Å²) >= 11 is 1.51. The molecule has 0 radical (unpaired) electrons. The zero-order chi connectivity index (χ0) is 24.8. The highest BCUT2D eigenvalue weighted by molar-refractivity contribution is 7.18. The number of rotatable bonds is 10. The lowest BCUT2D eigenvalue weighted by atomic mass is 9.98. The molecule has 0 aliphatic carbocycles. The Morgan fingerprint density at radius 2 is 1.80 bits per heavy atom. The highest BCUT2D eigenvalue weighted by Gasteiger charge is 2.17. The second kappa shape index (κ2) is 11.0. The second-order valence-corrected chi connectivity index (χ2v) is 9.08. The topological polar surface area (TPSA) is 121 Å². The summed E-state index contributed by atoms with van der Waals surface area (Å²) in [5.74, 6) is 0.983. The van der Waals surface area contributed by atoms with Gasteiger partial charge in [0.15, 0.2) is 11.0 Å². The molecule has 35 heavy (non-hydrogen) atoms. The van der Waals surface area contributed by atoms with Gasteiger partial charge in [-0.2, -0.15) is 0 Å². The molecule has 0 saturated heterocycles. The number of hydrogen-bond acceptors (Lipinski definition) is 9. The largest absolute Gasteiger partial charge is 0.489 e. The molecule has 3 N–H and O–H groups in total. The van der Waals surface area contributed by atoms with E-state index in [0.29, 0.717) is 18.0 Å². The van der Waals surface area contributed by atoms with Gasteiger partial charge in [-0.25, -0.2) is 15.0 Å². The molecular formula is C26H27N7OS. The van der Waals surface area contributed by atoms with Crippen LogP contribution in [-0.2, 0) is 6.61 Å². The number of thiazole rings is 1. The van der Waals surface area contributed by atoms with Crippen molar-refractivity contribution in [3.8, 4) is 27.6 Å². The number of benzene rings is 1. The molecule has 4 rings (SSSR count). The summed E-state index contributed by atoms with van der Waals surface area (Å²) in [6.07, 6.45) is 7.25. The normalized spacial score (nSPS) is 10.7. The van der Waals surface area contributed by atoms with Crippen LogP contribution in [0.15, 0.2) is 48.9 Å². The maximum atomic E-state index is 8.15. The molecule has 4 aromatic rings. The number of nitrogens with one attached hydrogen (secondary N) is 3. The fraction of sp³-hybridized carbons (Fsp3) is 0.231.